The van der Waals surface area contributed by atoms with Crippen molar-refractivity contribution in [1.82, 2.24) is 4.90 Å². The van der Waals surface area contributed by atoms with Gasteiger partial charge in [-0.2, -0.15) is 5.26 Å². The number of benzene rings is 1. The first kappa shape index (κ1) is 18.6. The molecule has 1 aromatic carbocycles. The number of hydrogen-bond acceptors (Lipinski definition) is 4. The molecule has 1 aliphatic carbocycles. The Morgan fingerprint density at radius 3 is 2.85 bits per heavy atom. The van der Waals surface area contributed by atoms with Crippen LogP contribution >= 0.6 is 11.3 Å². The molecular formula is C20H22FN3OS. The Morgan fingerprint density at radius 1 is 1.42 bits per heavy atom. The number of halogens is 1. The summed E-state index contributed by atoms with van der Waals surface area (Å²) in [6.45, 7) is 2.98. The molecule has 1 amide bonds. The molecule has 1 heterocycles. The van der Waals surface area contributed by atoms with Gasteiger partial charge in [0.1, 0.15) is 16.9 Å². The molecule has 136 valence electrons. The van der Waals surface area contributed by atoms with Crippen LogP contribution < -0.4 is 5.32 Å². The molecule has 1 atom stereocenters. The monoisotopic (exact) mass is 371 g/mol. The van der Waals surface area contributed by atoms with E-state index in [9.17, 15) is 14.4 Å². The summed E-state index contributed by atoms with van der Waals surface area (Å²) >= 11 is 1.54. The largest absolute Gasteiger partial charge is 0.315 e. The van der Waals surface area contributed by atoms with Gasteiger partial charge >= 0.3 is 0 Å². The summed E-state index contributed by atoms with van der Waals surface area (Å²) < 4.78 is 13.0. The number of fused-ring (bicyclic) bond motifs is 1. The quantitative estimate of drug-likeness (QED) is 0.866. The summed E-state index contributed by atoms with van der Waals surface area (Å²) in [5.74, 6) is 0.213. The van der Waals surface area contributed by atoms with Crippen LogP contribution in [0, 0.1) is 23.1 Å². The molecule has 2 aromatic rings. The Balaban J connectivity index is 1.63. The van der Waals surface area contributed by atoms with Gasteiger partial charge < -0.3 is 5.32 Å². The van der Waals surface area contributed by atoms with Crippen molar-refractivity contribution in [1.29, 1.82) is 5.26 Å². The summed E-state index contributed by atoms with van der Waals surface area (Å²) in [7, 11) is 1.84. The van der Waals surface area contributed by atoms with E-state index < -0.39 is 0 Å². The van der Waals surface area contributed by atoms with Crippen molar-refractivity contribution in [2.75, 3.05) is 18.9 Å². The number of carbonyl (C=O) groups excluding carboxylic acids is 1. The number of carbonyl (C=O) groups is 1. The minimum absolute atomic E-state index is 0.141. The highest BCUT2D eigenvalue weighted by Gasteiger charge is 2.24. The number of amides is 1. The number of likely N-dealkylation sites (N-methyl/N-ethyl adjacent to an activating group) is 1. The van der Waals surface area contributed by atoms with Crippen molar-refractivity contribution in [3.8, 4) is 6.07 Å². The molecule has 0 spiro atoms. The molecule has 0 saturated carbocycles. The van der Waals surface area contributed by atoms with Gasteiger partial charge in [-0.15, -0.1) is 11.3 Å². The molecule has 0 radical (unpaired) electrons. The molecule has 4 nitrogen and oxygen atoms in total. The molecule has 3 rings (SSSR count). The molecule has 0 fully saturated rings. The third kappa shape index (κ3) is 4.29. The first-order chi connectivity index (χ1) is 12.5. The Morgan fingerprint density at radius 2 is 2.15 bits per heavy atom. The topological polar surface area (TPSA) is 56.1 Å². The zero-order valence-corrected chi connectivity index (χ0v) is 15.8. The van der Waals surface area contributed by atoms with E-state index >= 15 is 0 Å². The molecule has 26 heavy (non-hydrogen) atoms. The van der Waals surface area contributed by atoms with Crippen molar-refractivity contribution in [3.63, 3.8) is 0 Å². The summed E-state index contributed by atoms with van der Waals surface area (Å²) in [6, 6.07) is 8.53. The van der Waals surface area contributed by atoms with Crippen LogP contribution in [0.5, 0.6) is 0 Å². The van der Waals surface area contributed by atoms with Crippen LogP contribution in [0.2, 0.25) is 0 Å². The lowest BCUT2D eigenvalue weighted by Crippen LogP contribution is -2.29. The first-order valence-electron chi connectivity index (χ1n) is 8.73. The third-order valence-corrected chi connectivity index (χ3v) is 5.83. The maximum Gasteiger partial charge on any atom is 0.239 e. The third-order valence-electron chi connectivity index (χ3n) is 4.66. The van der Waals surface area contributed by atoms with Gasteiger partial charge in [0.25, 0.3) is 0 Å². The Kier molecular flexibility index (Phi) is 5.70. The van der Waals surface area contributed by atoms with Gasteiger partial charge in [0.2, 0.25) is 5.91 Å². The maximum absolute atomic E-state index is 13.0. The highest BCUT2D eigenvalue weighted by atomic mass is 32.1. The lowest BCUT2D eigenvalue weighted by molar-refractivity contribution is -0.117. The SMILES string of the molecule is C[C@@H]1CCc2c(sc(NC(=O)CN(C)Cc3ccc(F)cc3)c2C#N)C1. The number of thiophene rings is 1. The summed E-state index contributed by atoms with van der Waals surface area (Å²) in [6.07, 6.45) is 2.98. The Labute approximate surface area is 157 Å². The number of rotatable bonds is 5. The van der Waals surface area contributed by atoms with E-state index in [0.717, 1.165) is 30.4 Å². The summed E-state index contributed by atoms with van der Waals surface area (Å²) in [5, 5.41) is 13.1. The molecule has 6 heteroatoms. The van der Waals surface area contributed by atoms with E-state index in [4.69, 9.17) is 0 Å². The molecule has 0 aliphatic heterocycles. The number of nitriles is 1. The van der Waals surface area contributed by atoms with Crippen LogP contribution in [0.4, 0.5) is 9.39 Å². The van der Waals surface area contributed by atoms with Crippen molar-refractivity contribution in [3.05, 3.63) is 51.7 Å². The molecular weight excluding hydrogens is 349 g/mol. The minimum Gasteiger partial charge on any atom is -0.315 e. The fourth-order valence-corrected chi connectivity index (χ4v) is 4.70. The van der Waals surface area contributed by atoms with Gasteiger partial charge in [-0.25, -0.2) is 4.39 Å². The van der Waals surface area contributed by atoms with Gasteiger partial charge in [-0.1, -0.05) is 19.1 Å². The standard InChI is InChI=1S/C20H22FN3OS/c1-13-3-8-16-17(10-22)20(26-18(16)9-13)23-19(25)12-24(2)11-14-4-6-15(21)7-5-14/h4-7,13H,3,8-9,11-12H2,1-2H3,(H,23,25)/t13-/m1/s1. The lowest BCUT2D eigenvalue weighted by atomic mass is 9.89. The zero-order chi connectivity index (χ0) is 18.7. The Hall–Kier alpha value is -2.23. The van der Waals surface area contributed by atoms with E-state index in [0.29, 0.717) is 23.0 Å². The first-order valence-corrected chi connectivity index (χ1v) is 9.55. The fraction of sp³-hybridized carbons (Fsp3) is 0.400. The van der Waals surface area contributed by atoms with Crippen LogP contribution in [-0.2, 0) is 24.2 Å². The van der Waals surface area contributed by atoms with Gasteiger partial charge in [0, 0.05) is 11.4 Å². The van der Waals surface area contributed by atoms with Crippen LogP contribution in [0.15, 0.2) is 24.3 Å². The average molecular weight is 371 g/mol. The van der Waals surface area contributed by atoms with E-state index in [-0.39, 0.29) is 18.3 Å². The molecule has 0 saturated heterocycles. The van der Waals surface area contributed by atoms with Crippen LogP contribution in [0.1, 0.15) is 34.9 Å². The maximum atomic E-state index is 13.0. The number of nitrogens with zero attached hydrogens (tertiary/aromatic N) is 2. The second-order valence-electron chi connectivity index (χ2n) is 7.01. The second kappa shape index (κ2) is 7.98. The smallest absolute Gasteiger partial charge is 0.239 e. The molecule has 1 aliphatic rings. The van der Waals surface area contributed by atoms with E-state index in [1.165, 1.54) is 28.3 Å². The van der Waals surface area contributed by atoms with Crippen molar-refractivity contribution in [2.24, 2.45) is 5.92 Å². The average Bonchev–Trinajstić information content (AvgIpc) is 2.92. The molecule has 0 bridgehead atoms. The zero-order valence-electron chi connectivity index (χ0n) is 15.0. The fourth-order valence-electron chi connectivity index (χ4n) is 3.33. The van der Waals surface area contributed by atoms with Crippen molar-refractivity contribution >= 4 is 22.2 Å². The van der Waals surface area contributed by atoms with Gasteiger partial charge in [-0.05, 0) is 55.5 Å². The Bertz CT molecular complexity index is 838. The lowest BCUT2D eigenvalue weighted by Gasteiger charge is -2.17. The van der Waals surface area contributed by atoms with Crippen molar-refractivity contribution in [2.45, 2.75) is 32.7 Å². The predicted octanol–water partition coefficient (Wildman–Crippen LogP) is 3.95. The second-order valence-corrected chi connectivity index (χ2v) is 8.12. The molecule has 1 N–H and O–H groups in total. The molecule has 1 aromatic heterocycles. The number of anilines is 1. The van der Waals surface area contributed by atoms with E-state index in [1.54, 1.807) is 12.1 Å². The van der Waals surface area contributed by atoms with Gasteiger partial charge in [0.05, 0.1) is 12.1 Å². The van der Waals surface area contributed by atoms with Crippen molar-refractivity contribution < 1.29 is 9.18 Å². The summed E-state index contributed by atoms with van der Waals surface area (Å²) in [5.41, 5.74) is 2.69. The van der Waals surface area contributed by atoms with Gasteiger partial charge in [-0.3, -0.25) is 9.69 Å². The van der Waals surface area contributed by atoms with Gasteiger partial charge in [0.15, 0.2) is 0 Å². The van der Waals surface area contributed by atoms with E-state index in [2.05, 4.69) is 18.3 Å². The summed E-state index contributed by atoms with van der Waals surface area (Å²) in [4.78, 5) is 15.5. The normalized spacial score (nSPS) is 16.2. The molecule has 0 unspecified atom stereocenters. The minimum atomic E-state index is -0.269. The highest BCUT2D eigenvalue weighted by Crippen LogP contribution is 2.39. The highest BCUT2D eigenvalue weighted by molar-refractivity contribution is 7.16. The van der Waals surface area contributed by atoms with Crippen LogP contribution in [0.25, 0.3) is 0 Å². The number of hydrogen-bond donors (Lipinski definition) is 1. The van der Waals surface area contributed by atoms with Crippen LogP contribution in [-0.4, -0.2) is 24.4 Å². The van der Waals surface area contributed by atoms with Crippen LogP contribution in [0.3, 0.4) is 0 Å². The number of nitrogens with one attached hydrogen (secondary N) is 1. The van der Waals surface area contributed by atoms with E-state index in [1.807, 2.05) is 11.9 Å². The predicted molar refractivity (Wildman–Crippen MR) is 102 cm³/mol.